The molecule has 22 heavy (non-hydrogen) atoms. The molecule has 0 spiro atoms. The van der Waals surface area contributed by atoms with Gasteiger partial charge >= 0.3 is 0 Å². The summed E-state index contributed by atoms with van der Waals surface area (Å²) in [6, 6.07) is 4.25. The maximum Gasteiger partial charge on any atom is 0.193 e. The Hall–Kier alpha value is -0.720. The molecule has 1 heterocycles. The number of aromatic nitrogens is 1. The Labute approximate surface area is 152 Å². The number of aryl methyl sites for hydroxylation is 1. The van der Waals surface area contributed by atoms with Crippen molar-refractivity contribution in [3.05, 3.63) is 24.0 Å². The Balaban J connectivity index is 0.00000242. The van der Waals surface area contributed by atoms with Gasteiger partial charge in [-0.15, -0.1) is 24.0 Å². The Kier molecular flexibility index (Phi) is 8.28. The second-order valence-corrected chi connectivity index (χ2v) is 6.53. The molecule has 0 saturated heterocycles. The van der Waals surface area contributed by atoms with E-state index in [-0.39, 0.29) is 24.0 Å². The molecule has 4 nitrogen and oxygen atoms in total. The quantitative estimate of drug-likeness (QED) is 0.462. The topological polar surface area (TPSA) is 32.6 Å². The van der Waals surface area contributed by atoms with Crippen LogP contribution in [-0.2, 0) is 13.6 Å². The molecule has 0 aliphatic heterocycles. The monoisotopic (exact) mass is 418 g/mol. The van der Waals surface area contributed by atoms with Crippen LogP contribution in [0.5, 0.6) is 0 Å². The second kappa shape index (κ2) is 9.43. The number of aliphatic imine (C=N–C) groups is 1. The first-order chi connectivity index (χ1) is 10.1. The molecule has 1 aromatic heterocycles. The predicted molar refractivity (Wildman–Crippen MR) is 105 cm³/mol. The minimum atomic E-state index is 0. The number of hydrogen-bond acceptors (Lipinski definition) is 1. The largest absolute Gasteiger partial charge is 0.356 e. The molecule has 2 atom stereocenters. The maximum absolute atomic E-state index is 4.42. The van der Waals surface area contributed by atoms with E-state index in [0.29, 0.717) is 0 Å². The van der Waals surface area contributed by atoms with Crippen LogP contribution < -0.4 is 5.32 Å². The lowest BCUT2D eigenvalue weighted by Crippen LogP contribution is -2.41. The molecule has 1 saturated carbocycles. The van der Waals surface area contributed by atoms with E-state index in [1.807, 2.05) is 7.05 Å². The summed E-state index contributed by atoms with van der Waals surface area (Å²) in [5.41, 5.74) is 1.30. The van der Waals surface area contributed by atoms with E-state index in [4.69, 9.17) is 0 Å². The molecule has 2 unspecified atom stereocenters. The van der Waals surface area contributed by atoms with Crippen molar-refractivity contribution < 1.29 is 0 Å². The first-order valence-electron chi connectivity index (χ1n) is 8.12. The van der Waals surface area contributed by atoms with Crippen LogP contribution >= 0.6 is 24.0 Å². The molecule has 5 heteroatoms. The third kappa shape index (κ3) is 5.48. The van der Waals surface area contributed by atoms with Crippen molar-refractivity contribution in [1.82, 2.24) is 14.8 Å². The summed E-state index contributed by atoms with van der Waals surface area (Å²) in [7, 11) is 6.06. The van der Waals surface area contributed by atoms with Crippen LogP contribution in [0.3, 0.4) is 0 Å². The van der Waals surface area contributed by atoms with E-state index in [1.165, 1.54) is 31.4 Å². The zero-order valence-electron chi connectivity index (χ0n) is 14.4. The van der Waals surface area contributed by atoms with Gasteiger partial charge in [0.2, 0.25) is 0 Å². The fraction of sp³-hybridized carbons (Fsp3) is 0.706. The van der Waals surface area contributed by atoms with Crippen LogP contribution in [0.15, 0.2) is 23.3 Å². The molecular formula is C17H31IN4. The number of nitrogens with zero attached hydrogens (tertiary/aromatic N) is 3. The number of nitrogens with one attached hydrogen (secondary N) is 1. The van der Waals surface area contributed by atoms with E-state index in [2.05, 4.69) is 59.1 Å². The van der Waals surface area contributed by atoms with Crippen LogP contribution in [0.4, 0.5) is 0 Å². The molecule has 0 aromatic carbocycles. The van der Waals surface area contributed by atoms with Crippen molar-refractivity contribution in [2.45, 2.75) is 39.2 Å². The number of guanidine groups is 1. The van der Waals surface area contributed by atoms with Gasteiger partial charge < -0.3 is 14.8 Å². The predicted octanol–water partition coefficient (Wildman–Crippen LogP) is 3.48. The molecule has 1 aliphatic rings. The van der Waals surface area contributed by atoms with Crippen molar-refractivity contribution in [2.75, 3.05) is 20.6 Å². The van der Waals surface area contributed by atoms with Gasteiger partial charge in [0, 0.05) is 39.6 Å². The summed E-state index contributed by atoms with van der Waals surface area (Å²) in [5.74, 6) is 2.68. The molecule has 1 N–H and O–H groups in total. The van der Waals surface area contributed by atoms with Crippen LogP contribution in [-0.4, -0.2) is 36.1 Å². The third-order valence-electron chi connectivity index (χ3n) is 4.62. The van der Waals surface area contributed by atoms with Gasteiger partial charge in [-0.1, -0.05) is 19.8 Å². The van der Waals surface area contributed by atoms with Gasteiger partial charge in [-0.25, -0.2) is 0 Å². The van der Waals surface area contributed by atoms with Gasteiger partial charge in [-0.2, -0.15) is 0 Å². The maximum atomic E-state index is 4.42. The van der Waals surface area contributed by atoms with E-state index >= 15 is 0 Å². The number of hydrogen-bond donors (Lipinski definition) is 1. The Morgan fingerprint density at radius 3 is 2.82 bits per heavy atom. The summed E-state index contributed by atoms with van der Waals surface area (Å²) in [5, 5.41) is 3.56. The molecule has 0 radical (unpaired) electrons. The molecule has 0 bridgehead atoms. The highest BCUT2D eigenvalue weighted by atomic mass is 127. The van der Waals surface area contributed by atoms with Gasteiger partial charge in [0.15, 0.2) is 5.96 Å². The van der Waals surface area contributed by atoms with Gasteiger partial charge in [-0.3, -0.25) is 4.99 Å². The normalized spacial score (nSPS) is 22.1. The molecule has 1 fully saturated rings. The summed E-state index contributed by atoms with van der Waals surface area (Å²) < 4.78 is 2.16. The zero-order chi connectivity index (χ0) is 15.2. The van der Waals surface area contributed by atoms with Crippen LogP contribution in [0.25, 0.3) is 0 Å². The Bertz CT molecular complexity index is 469. The van der Waals surface area contributed by atoms with Crippen molar-refractivity contribution in [2.24, 2.45) is 23.9 Å². The SMILES string of the molecule is CN=C(NCC1CCCC(C)C1)N(C)Cc1cccn1C.I. The highest BCUT2D eigenvalue weighted by Crippen LogP contribution is 2.27. The average Bonchev–Trinajstić information content (AvgIpc) is 2.85. The lowest BCUT2D eigenvalue weighted by atomic mass is 9.82. The molecule has 1 aliphatic carbocycles. The van der Waals surface area contributed by atoms with Crippen LogP contribution in [0.1, 0.15) is 38.3 Å². The molecule has 2 rings (SSSR count). The standard InChI is InChI=1S/C17H30N4.HI/c1-14-7-5-8-15(11-14)12-19-17(18-2)21(4)13-16-9-6-10-20(16)3;/h6,9-10,14-15H,5,7-8,11-13H2,1-4H3,(H,18,19);1H. The number of halogens is 1. The second-order valence-electron chi connectivity index (χ2n) is 6.53. The van der Waals surface area contributed by atoms with E-state index in [9.17, 15) is 0 Å². The van der Waals surface area contributed by atoms with E-state index in [0.717, 1.165) is 30.9 Å². The van der Waals surface area contributed by atoms with E-state index in [1.54, 1.807) is 0 Å². The summed E-state index contributed by atoms with van der Waals surface area (Å²) in [4.78, 5) is 6.62. The van der Waals surface area contributed by atoms with Gasteiger partial charge in [0.1, 0.15) is 0 Å². The van der Waals surface area contributed by atoms with Crippen molar-refractivity contribution >= 4 is 29.9 Å². The van der Waals surface area contributed by atoms with Crippen molar-refractivity contribution in [3.8, 4) is 0 Å². The first kappa shape index (κ1) is 19.3. The zero-order valence-corrected chi connectivity index (χ0v) is 16.7. The van der Waals surface area contributed by atoms with Crippen molar-refractivity contribution in [3.63, 3.8) is 0 Å². The van der Waals surface area contributed by atoms with Gasteiger partial charge in [0.05, 0.1) is 6.54 Å². The average molecular weight is 418 g/mol. The third-order valence-corrected chi connectivity index (χ3v) is 4.62. The van der Waals surface area contributed by atoms with E-state index < -0.39 is 0 Å². The van der Waals surface area contributed by atoms with Gasteiger partial charge in [-0.05, 0) is 36.8 Å². The lowest BCUT2D eigenvalue weighted by Gasteiger charge is -2.29. The summed E-state index contributed by atoms with van der Waals surface area (Å²) in [6.45, 7) is 4.31. The van der Waals surface area contributed by atoms with Crippen molar-refractivity contribution in [1.29, 1.82) is 0 Å². The lowest BCUT2D eigenvalue weighted by molar-refractivity contribution is 0.280. The highest BCUT2D eigenvalue weighted by Gasteiger charge is 2.19. The molecule has 126 valence electrons. The summed E-state index contributed by atoms with van der Waals surface area (Å²) in [6.07, 6.45) is 7.58. The first-order valence-corrected chi connectivity index (χ1v) is 8.12. The smallest absolute Gasteiger partial charge is 0.193 e. The molecular weight excluding hydrogens is 387 g/mol. The van der Waals surface area contributed by atoms with Crippen LogP contribution in [0.2, 0.25) is 0 Å². The fourth-order valence-electron chi connectivity index (χ4n) is 3.34. The Morgan fingerprint density at radius 1 is 1.45 bits per heavy atom. The summed E-state index contributed by atoms with van der Waals surface area (Å²) >= 11 is 0. The fourth-order valence-corrected chi connectivity index (χ4v) is 3.34. The minimum Gasteiger partial charge on any atom is -0.356 e. The Morgan fingerprint density at radius 2 is 2.23 bits per heavy atom. The molecule has 0 amide bonds. The molecule has 1 aromatic rings. The minimum absolute atomic E-state index is 0. The van der Waals surface area contributed by atoms with Gasteiger partial charge in [0.25, 0.3) is 0 Å². The van der Waals surface area contributed by atoms with Crippen LogP contribution in [0, 0.1) is 11.8 Å². The number of rotatable bonds is 4. The highest BCUT2D eigenvalue weighted by molar-refractivity contribution is 14.0.